The Bertz CT molecular complexity index is 646. The van der Waals surface area contributed by atoms with E-state index in [0.29, 0.717) is 23.6 Å². The first-order valence-electron chi connectivity index (χ1n) is 7.15. The number of H-pyrrole nitrogens is 1. The fourth-order valence-electron chi connectivity index (χ4n) is 2.97. The Kier molecular flexibility index (Phi) is 3.63. The normalized spacial score (nSPS) is 22.2. The lowest BCUT2D eigenvalue weighted by Gasteiger charge is -2.32. The number of aromatic nitrogens is 1. The molecule has 2 unspecified atom stereocenters. The highest BCUT2D eigenvalue weighted by Crippen LogP contribution is 2.22. The highest BCUT2D eigenvalue weighted by molar-refractivity contribution is 5.72. The molecule has 1 aliphatic rings. The van der Waals surface area contributed by atoms with Gasteiger partial charge in [-0.1, -0.05) is 13.0 Å². The van der Waals surface area contributed by atoms with Crippen molar-refractivity contribution in [3.63, 3.8) is 0 Å². The van der Waals surface area contributed by atoms with E-state index in [-0.39, 0.29) is 0 Å². The SMILES string of the molecule is CC1CCCN(CC(O)c2ccc3[nH]c(=O)oc3c2)C1. The standard InChI is InChI=1S/C15H20N2O3/c1-10-3-2-6-17(8-10)9-13(18)11-4-5-12-14(7-11)20-15(19)16-12/h4-5,7,10,13,18H,2-3,6,8-9H2,1H3,(H,16,19). The predicted molar refractivity (Wildman–Crippen MR) is 76.6 cm³/mol. The highest BCUT2D eigenvalue weighted by Gasteiger charge is 2.20. The first-order chi connectivity index (χ1) is 9.61. The van der Waals surface area contributed by atoms with Crippen molar-refractivity contribution in [3.05, 3.63) is 34.3 Å². The van der Waals surface area contributed by atoms with E-state index in [9.17, 15) is 9.90 Å². The molecular weight excluding hydrogens is 256 g/mol. The number of piperidine rings is 1. The number of aliphatic hydroxyl groups is 1. The minimum atomic E-state index is -0.551. The van der Waals surface area contributed by atoms with Crippen LogP contribution in [0, 0.1) is 5.92 Å². The number of hydrogen-bond donors (Lipinski definition) is 2. The van der Waals surface area contributed by atoms with Gasteiger partial charge in [0.2, 0.25) is 0 Å². The molecule has 0 amide bonds. The molecule has 1 aliphatic heterocycles. The Balaban J connectivity index is 1.74. The van der Waals surface area contributed by atoms with E-state index in [1.165, 1.54) is 12.8 Å². The summed E-state index contributed by atoms with van der Waals surface area (Å²) < 4.78 is 5.03. The molecule has 0 bridgehead atoms. The van der Waals surface area contributed by atoms with Gasteiger partial charge in [0.1, 0.15) is 0 Å². The average molecular weight is 276 g/mol. The molecule has 5 heteroatoms. The Morgan fingerprint density at radius 3 is 3.20 bits per heavy atom. The molecule has 20 heavy (non-hydrogen) atoms. The van der Waals surface area contributed by atoms with Gasteiger partial charge < -0.3 is 14.4 Å². The fraction of sp³-hybridized carbons (Fsp3) is 0.533. The van der Waals surface area contributed by atoms with Gasteiger partial charge in [0, 0.05) is 13.1 Å². The second-order valence-electron chi connectivity index (χ2n) is 5.79. The highest BCUT2D eigenvalue weighted by atomic mass is 16.4. The summed E-state index contributed by atoms with van der Waals surface area (Å²) in [6.45, 7) is 4.96. The van der Waals surface area contributed by atoms with E-state index >= 15 is 0 Å². The molecule has 0 spiro atoms. The summed E-state index contributed by atoms with van der Waals surface area (Å²) in [5, 5.41) is 10.4. The number of β-amino-alcohol motifs (C(OH)–C–C–N with tert-alkyl or cyclic N) is 1. The van der Waals surface area contributed by atoms with Crippen LogP contribution in [0.15, 0.2) is 27.4 Å². The Labute approximate surface area is 117 Å². The molecule has 0 aliphatic carbocycles. The van der Waals surface area contributed by atoms with E-state index < -0.39 is 11.9 Å². The number of aromatic amines is 1. The van der Waals surface area contributed by atoms with Crippen LogP contribution in [-0.2, 0) is 0 Å². The lowest BCUT2D eigenvalue weighted by Crippen LogP contribution is -2.37. The summed E-state index contributed by atoms with van der Waals surface area (Å²) in [5.41, 5.74) is 1.95. The summed E-state index contributed by atoms with van der Waals surface area (Å²) in [6, 6.07) is 5.36. The molecule has 1 saturated heterocycles. The summed E-state index contributed by atoms with van der Waals surface area (Å²) in [4.78, 5) is 16.0. The minimum absolute atomic E-state index is 0.462. The van der Waals surface area contributed by atoms with E-state index in [2.05, 4.69) is 16.8 Å². The van der Waals surface area contributed by atoms with Crippen molar-refractivity contribution in [2.75, 3.05) is 19.6 Å². The molecule has 0 radical (unpaired) electrons. The maximum atomic E-state index is 11.1. The van der Waals surface area contributed by atoms with Gasteiger partial charge in [0.25, 0.3) is 0 Å². The summed E-state index contributed by atoms with van der Waals surface area (Å²) in [6.07, 6.45) is 1.91. The second kappa shape index (κ2) is 5.42. The zero-order valence-electron chi connectivity index (χ0n) is 11.6. The topological polar surface area (TPSA) is 69.5 Å². The van der Waals surface area contributed by atoms with Crippen LogP contribution in [-0.4, -0.2) is 34.6 Å². The Hall–Kier alpha value is -1.59. The number of fused-ring (bicyclic) bond motifs is 1. The number of likely N-dealkylation sites (tertiary alicyclic amines) is 1. The van der Waals surface area contributed by atoms with Gasteiger partial charge in [-0.05, 0) is 43.0 Å². The van der Waals surface area contributed by atoms with Crippen LogP contribution in [0.2, 0.25) is 0 Å². The lowest BCUT2D eigenvalue weighted by atomic mass is 9.99. The van der Waals surface area contributed by atoms with Crippen LogP contribution in [0.1, 0.15) is 31.4 Å². The first-order valence-corrected chi connectivity index (χ1v) is 7.15. The molecule has 108 valence electrons. The van der Waals surface area contributed by atoms with Crippen molar-refractivity contribution in [2.24, 2.45) is 5.92 Å². The largest absolute Gasteiger partial charge is 0.417 e. The molecule has 0 saturated carbocycles. The van der Waals surface area contributed by atoms with Gasteiger partial charge in [0.15, 0.2) is 5.58 Å². The maximum Gasteiger partial charge on any atom is 0.417 e. The zero-order valence-corrected chi connectivity index (χ0v) is 11.6. The fourth-order valence-corrected chi connectivity index (χ4v) is 2.97. The van der Waals surface area contributed by atoms with E-state index in [1.807, 2.05) is 6.07 Å². The summed E-state index contributed by atoms with van der Waals surface area (Å²) in [5.74, 6) is 0.234. The van der Waals surface area contributed by atoms with Gasteiger partial charge in [-0.2, -0.15) is 0 Å². The molecule has 2 atom stereocenters. The van der Waals surface area contributed by atoms with Crippen LogP contribution in [0.3, 0.4) is 0 Å². The number of benzene rings is 1. The molecule has 1 aromatic carbocycles. The smallest absolute Gasteiger partial charge is 0.408 e. The third kappa shape index (κ3) is 2.78. The molecule has 1 aromatic heterocycles. The second-order valence-corrected chi connectivity index (χ2v) is 5.79. The average Bonchev–Trinajstić information content (AvgIpc) is 2.77. The van der Waals surface area contributed by atoms with Crippen LogP contribution >= 0.6 is 0 Å². The van der Waals surface area contributed by atoms with Crippen LogP contribution in [0.4, 0.5) is 0 Å². The number of nitrogens with one attached hydrogen (secondary N) is 1. The van der Waals surface area contributed by atoms with Crippen molar-refractivity contribution in [1.82, 2.24) is 9.88 Å². The molecule has 2 heterocycles. The van der Waals surface area contributed by atoms with Gasteiger partial charge >= 0.3 is 5.76 Å². The first kappa shape index (κ1) is 13.4. The maximum absolute atomic E-state index is 11.1. The third-order valence-electron chi connectivity index (χ3n) is 4.00. The lowest BCUT2D eigenvalue weighted by molar-refractivity contribution is 0.0876. The molecule has 5 nitrogen and oxygen atoms in total. The monoisotopic (exact) mass is 276 g/mol. The minimum Gasteiger partial charge on any atom is -0.408 e. The van der Waals surface area contributed by atoms with Gasteiger partial charge in [-0.25, -0.2) is 4.79 Å². The molecular formula is C15H20N2O3. The Morgan fingerprint density at radius 2 is 2.40 bits per heavy atom. The zero-order chi connectivity index (χ0) is 14.1. The van der Waals surface area contributed by atoms with E-state index in [1.54, 1.807) is 12.1 Å². The third-order valence-corrected chi connectivity index (χ3v) is 4.00. The molecule has 3 rings (SSSR count). The summed E-state index contributed by atoms with van der Waals surface area (Å²) >= 11 is 0. The molecule has 1 fully saturated rings. The molecule has 2 N–H and O–H groups in total. The van der Waals surface area contributed by atoms with Crippen LogP contribution < -0.4 is 5.76 Å². The van der Waals surface area contributed by atoms with Gasteiger partial charge in [-0.15, -0.1) is 0 Å². The van der Waals surface area contributed by atoms with Crippen molar-refractivity contribution >= 4 is 11.1 Å². The summed E-state index contributed by atoms with van der Waals surface area (Å²) in [7, 11) is 0. The number of oxazole rings is 1. The number of rotatable bonds is 3. The van der Waals surface area contributed by atoms with Gasteiger partial charge in [-0.3, -0.25) is 4.98 Å². The van der Waals surface area contributed by atoms with E-state index in [4.69, 9.17) is 4.42 Å². The van der Waals surface area contributed by atoms with Gasteiger partial charge in [0.05, 0.1) is 11.6 Å². The Morgan fingerprint density at radius 1 is 1.55 bits per heavy atom. The van der Waals surface area contributed by atoms with Crippen molar-refractivity contribution in [3.8, 4) is 0 Å². The quantitative estimate of drug-likeness (QED) is 0.898. The van der Waals surface area contributed by atoms with E-state index in [0.717, 1.165) is 18.7 Å². The molecule has 2 aromatic rings. The van der Waals surface area contributed by atoms with Crippen LogP contribution in [0.25, 0.3) is 11.1 Å². The van der Waals surface area contributed by atoms with Crippen molar-refractivity contribution in [1.29, 1.82) is 0 Å². The number of aliphatic hydroxyl groups excluding tert-OH is 1. The van der Waals surface area contributed by atoms with Crippen molar-refractivity contribution < 1.29 is 9.52 Å². The number of nitrogens with zero attached hydrogens (tertiary/aromatic N) is 1. The predicted octanol–water partition coefficient (Wildman–Crippen LogP) is 1.89. The van der Waals surface area contributed by atoms with Crippen molar-refractivity contribution in [2.45, 2.75) is 25.9 Å². The van der Waals surface area contributed by atoms with Crippen LogP contribution in [0.5, 0.6) is 0 Å². The number of hydrogen-bond acceptors (Lipinski definition) is 4.